The number of carbonyl (C=O) groups excluding carboxylic acids is 2. The monoisotopic (exact) mass is 302 g/mol. The number of nitrogens with zero attached hydrogens (tertiary/aromatic N) is 1. The molecule has 0 radical (unpaired) electrons. The molecule has 2 aromatic carbocycles. The van der Waals surface area contributed by atoms with Gasteiger partial charge in [0.2, 0.25) is 0 Å². The van der Waals surface area contributed by atoms with Gasteiger partial charge in [-0.05, 0) is 24.3 Å². The molecule has 0 bridgehead atoms. The molecule has 1 amide bonds. The number of hydrogen-bond donors (Lipinski definition) is 1. The Morgan fingerprint density at radius 3 is 2.13 bits per heavy atom. The van der Waals surface area contributed by atoms with Gasteiger partial charge in [0.1, 0.15) is 0 Å². The van der Waals surface area contributed by atoms with E-state index in [9.17, 15) is 9.59 Å². The lowest BCUT2D eigenvalue weighted by Crippen LogP contribution is -2.15. The van der Waals surface area contributed by atoms with Crippen molar-refractivity contribution >= 4 is 17.4 Å². The molecule has 4 nitrogen and oxygen atoms in total. The summed E-state index contributed by atoms with van der Waals surface area (Å²) in [6.45, 7) is 0. The Bertz CT molecular complexity index is 830. The first-order valence-corrected chi connectivity index (χ1v) is 7.16. The zero-order valence-corrected chi connectivity index (χ0v) is 12.3. The summed E-state index contributed by atoms with van der Waals surface area (Å²) in [5.74, 6) is -0.406. The van der Waals surface area contributed by atoms with E-state index >= 15 is 0 Å². The van der Waals surface area contributed by atoms with E-state index in [4.69, 9.17) is 0 Å². The number of pyridine rings is 1. The summed E-state index contributed by atoms with van der Waals surface area (Å²) in [4.78, 5) is 28.8. The van der Waals surface area contributed by atoms with E-state index in [2.05, 4.69) is 10.3 Å². The van der Waals surface area contributed by atoms with Gasteiger partial charge >= 0.3 is 0 Å². The predicted octanol–water partition coefficient (Wildman–Crippen LogP) is 3.56. The Hall–Kier alpha value is -3.27. The van der Waals surface area contributed by atoms with E-state index in [1.54, 1.807) is 60.9 Å². The number of hydrogen-bond acceptors (Lipinski definition) is 3. The van der Waals surface area contributed by atoms with Gasteiger partial charge in [0, 0.05) is 29.1 Å². The maximum atomic E-state index is 12.6. The van der Waals surface area contributed by atoms with E-state index in [-0.39, 0.29) is 11.7 Å². The third kappa shape index (κ3) is 3.32. The summed E-state index contributed by atoms with van der Waals surface area (Å²) < 4.78 is 0. The highest BCUT2D eigenvalue weighted by molar-refractivity contribution is 6.15. The first kappa shape index (κ1) is 14.7. The second-order valence-electron chi connectivity index (χ2n) is 4.93. The van der Waals surface area contributed by atoms with Gasteiger partial charge in [0.25, 0.3) is 5.91 Å². The van der Waals surface area contributed by atoms with E-state index in [1.165, 1.54) is 0 Å². The van der Waals surface area contributed by atoms with Crippen molar-refractivity contribution in [2.45, 2.75) is 0 Å². The van der Waals surface area contributed by atoms with Crippen molar-refractivity contribution in [1.82, 2.24) is 4.98 Å². The second-order valence-corrected chi connectivity index (χ2v) is 4.93. The minimum absolute atomic E-state index is 0.128. The molecule has 0 aliphatic rings. The van der Waals surface area contributed by atoms with Crippen molar-refractivity contribution < 1.29 is 9.59 Å². The van der Waals surface area contributed by atoms with E-state index in [1.807, 2.05) is 18.2 Å². The molecular weight excluding hydrogens is 288 g/mol. The van der Waals surface area contributed by atoms with Crippen LogP contribution in [0.25, 0.3) is 0 Å². The normalized spacial score (nSPS) is 10.1. The summed E-state index contributed by atoms with van der Waals surface area (Å²) in [7, 11) is 0. The van der Waals surface area contributed by atoms with Gasteiger partial charge in [-0.3, -0.25) is 14.6 Å². The smallest absolute Gasteiger partial charge is 0.255 e. The lowest BCUT2D eigenvalue weighted by atomic mass is 10.0. The summed E-state index contributed by atoms with van der Waals surface area (Å²) in [5, 5.41) is 2.79. The number of aromatic nitrogens is 1. The lowest BCUT2D eigenvalue weighted by molar-refractivity contribution is 0.102. The molecule has 3 aromatic rings. The maximum Gasteiger partial charge on any atom is 0.255 e. The molecule has 1 aromatic heterocycles. The number of anilines is 1. The SMILES string of the molecule is O=C(Nc1ccccc1C(=O)c1ccccc1)c1ccncc1. The van der Waals surface area contributed by atoms with Crippen LogP contribution in [0.4, 0.5) is 5.69 Å². The molecular formula is C19H14N2O2. The molecule has 0 aliphatic carbocycles. The molecule has 0 saturated heterocycles. The summed E-state index contributed by atoms with van der Waals surface area (Å²) in [6, 6.07) is 19.2. The fraction of sp³-hybridized carbons (Fsp3) is 0. The van der Waals surface area contributed by atoms with Gasteiger partial charge in [-0.15, -0.1) is 0 Å². The van der Waals surface area contributed by atoms with Crippen molar-refractivity contribution in [3.05, 3.63) is 95.8 Å². The first-order chi connectivity index (χ1) is 11.3. The predicted molar refractivity (Wildman–Crippen MR) is 88.5 cm³/mol. The summed E-state index contributed by atoms with van der Waals surface area (Å²) in [5.41, 5.74) is 2.02. The van der Waals surface area contributed by atoms with Crippen molar-refractivity contribution in [3.8, 4) is 0 Å². The number of amides is 1. The Kier molecular flexibility index (Phi) is 4.25. The van der Waals surface area contributed by atoms with Crippen LogP contribution in [-0.4, -0.2) is 16.7 Å². The van der Waals surface area contributed by atoms with Crippen LogP contribution in [0.5, 0.6) is 0 Å². The number of nitrogens with one attached hydrogen (secondary N) is 1. The first-order valence-electron chi connectivity index (χ1n) is 7.16. The van der Waals surface area contributed by atoms with Gasteiger partial charge < -0.3 is 5.32 Å². The second kappa shape index (κ2) is 6.66. The highest BCUT2D eigenvalue weighted by atomic mass is 16.1. The highest BCUT2D eigenvalue weighted by Gasteiger charge is 2.15. The van der Waals surface area contributed by atoms with Crippen LogP contribution in [-0.2, 0) is 0 Å². The summed E-state index contributed by atoms with van der Waals surface area (Å²) >= 11 is 0. The van der Waals surface area contributed by atoms with Crippen molar-refractivity contribution in [1.29, 1.82) is 0 Å². The number of benzene rings is 2. The highest BCUT2D eigenvalue weighted by Crippen LogP contribution is 2.20. The average molecular weight is 302 g/mol. The zero-order chi connectivity index (χ0) is 16.1. The van der Waals surface area contributed by atoms with Crippen LogP contribution in [0, 0.1) is 0 Å². The molecule has 1 heterocycles. The minimum atomic E-state index is -0.277. The quantitative estimate of drug-likeness (QED) is 0.750. The van der Waals surface area contributed by atoms with E-state index in [0.717, 1.165) is 0 Å². The number of carbonyl (C=O) groups is 2. The lowest BCUT2D eigenvalue weighted by Gasteiger charge is -2.10. The van der Waals surface area contributed by atoms with E-state index < -0.39 is 0 Å². The van der Waals surface area contributed by atoms with Crippen LogP contribution < -0.4 is 5.32 Å². The van der Waals surface area contributed by atoms with Gasteiger partial charge in [0.05, 0.1) is 5.69 Å². The molecule has 0 saturated carbocycles. The molecule has 3 rings (SSSR count). The molecule has 23 heavy (non-hydrogen) atoms. The summed E-state index contributed by atoms with van der Waals surface area (Å²) in [6.07, 6.45) is 3.10. The number of ketones is 1. The van der Waals surface area contributed by atoms with Crippen LogP contribution in [0.2, 0.25) is 0 Å². The van der Waals surface area contributed by atoms with Crippen molar-refractivity contribution in [2.24, 2.45) is 0 Å². The molecule has 0 aliphatic heterocycles. The molecule has 112 valence electrons. The minimum Gasteiger partial charge on any atom is -0.321 e. The van der Waals surface area contributed by atoms with Gasteiger partial charge in [-0.2, -0.15) is 0 Å². The standard InChI is InChI=1S/C19H14N2O2/c22-18(14-6-2-1-3-7-14)16-8-4-5-9-17(16)21-19(23)15-10-12-20-13-11-15/h1-13H,(H,21,23). The molecule has 0 spiro atoms. The fourth-order valence-corrected chi connectivity index (χ4v) is 2.23. The fourth-order valence-electron chi connectivity index (χ4n) is 2.23. The van der Waals surface area contributed by atoms with Crippen LogP contribution >= 0.6 is 0 Å². The van der Waals surface area contributed by atoms with Crippen LogP contribution in [0.3, 0.4) is 0 Å². The van der Waals surface area contributed by atoms with Gasteiger partial charge in [-0.1, -0.05) is 42.5 Å². The van der Waals surface area contributed by atoms with Crippen molar-refractivity contribution in [2.75, 3.05) is 5.32 Å². The van der Waals surface area contributed by atoms with Crippen LogP contribution in [0.15, 0.2) is 79.1 Å². The Morgan fingerprint density at radius 2 is 1.39 bits per heavy atom. The molecule has 0 unspecified atom stereocenters. The molecule has 4 heteroatoms. The topological polar surface area (TPSA) is 59.1 Å². The largest absolute Gasteiger partial charge is 0.321 e. The van der Waals surface area contributed by atoms with Gasteiger partial charge in [0.15, 0.2) is 5.78 Å². The number of rotatable bonds is 4. The zero-order valence-electron chi connectivity index (χ0n) is 12.3. The van der Waals surface area contributed by atoms with Crippen molar-refractivity contribution in [3.63, 3.8) is 0 Å². The van der Waals surface area contributed by atoms with Crippen LogP contribution in [0.1, 0.15) is 26.3 Å². The average Bonchev–Trinajstić information content (AvgIpc) is 2.63. The Balaban J connectivity index is 1.90. The molecule has 0 atom stereocenters. The Morgan fingerprint density at radius 1 is 0.739 bits per heavy atom. The molecule has 1 N–H and O–H groups in total. The third-order valence-corrected chi connectivity index (χ3v) is 3.40. The third-order valence-electron chi connectivity index (χ3n) is 3.40. The molecule has 0 fully saturated rings. The Labute approximate surface area is 133 Å². The number of para-hydroxylation sites is 1. The van der Waals surface area contributed by atoms with E-state index in [0.29, 0.717) is 22.4 Å². The maximum absolute atomic E-state index is 12.6. The van der Waals surface area contributed by atoms with Gasteiger partial charge in [-0.25, -0.2) is 0 Å².